The van der Waals surface area contributed by atoms with Crippen LogP contribution in [0.15, 0.2) is 16.8 Å². The molecule has 4 heteroatoms. The number of amides is 1. The van der Waals surface area contributed by atoms with Gasteiger partial charge in [-0.2, -0.15) is 11.3 Å². The number of thiophene rings is 1. The Hall–Kier alpha value is -0.870. The second-order valence-corrected chi connectivity index (χ2v) is 6.16. The maximum absolute atomic E-state index is 12.4. The number of rotatable bonds is 2. The second kappa shape index (κ2) is 5.02. The summed E-state index contributed by atoms with van der Waals surface area (Å²) in [5.41, 5.74) is 1.24. The maximum atomic E-state index is 12.4. The van der Waals surface area contributed by atoms with Crippen LogP contribution >= 0.6 is 11.3 Å². The van der Waals surface area contributed by atoms with Crippen LogP contribution in [0.25, 0.3) is 0 Å². The molecule has 1 saturated heterocycles. The van der Waals surface area contributed by atoms with Gasteiger partial charge in [-0.1, -0.05) is 19.3 Å². The SMILES string of the molecule is CC1NC(c2ccsc2)N(C2CCCCC2)C1=O. The summed E-state index contributed by atoms with van der Waals surface area (Å²) < 4.78 is 0. The molecule has 2 heterocycles. The molecule has 98 valence electrons. The Morgan fingerprint density at radius 3 is 2.78 bits per heavy atom. The molecule has 1 aliphatic heterocycles. The van der Waals surface area contributed by atoms with E-state index in [1.54, 1.807) is 11.3 Å². The minimum atomic E-state index is -0.0446. The van der Waals surface area contributed by atoms with Crippen molar-refractivity contribution in [3.63, 3.8) is 0 Å². The van der Waals surface area contributed by atoms with E-state index in [2.05, 4.69) is 27.0 Å². The molecule has 2 atom stereocenters. The zero-order valence-electron chi connectivity index (χ0n) is 10.8. The van der Waals surface area contributed by atoms with Crippen LogP contribution in [0, 0.1) is 0 Å². The summed E-state index contributed by atoms with van der Waals surface area (Å²) in [7, 11) is 0. The summed E-state index contributed by atoms with van der Waals surface area (Å²) in [5, 5.41) is 7.67. The number of nitrogens with zero attached hydrogens (tertiary/aromatic N) is 1. The summed E-state index contributed by atoms with van der Waals surface area (Å²) in [6, 6.07) is 2.52. The monoisotopic (exact) mass is 264 g/mol. The van der Waals surface area contributed by atoms with Crippen LogP contribution in [-0.2, 0) is 4.79 Å². The molecule has 3 rings (SSSR count). The highest BCUT2D eigenvalue weighted by atomic mass is 32.1. The Morgan fingerprint density at radius 2 is 2.11 bits per heavy atom. The van der Waals surface area contributed by atoms with E-state index in [1.165, 1.54) is 37.7 Å². The fourth-order valence-electron chi connectivity index (χ4n) is 3.18. The highest BCUT2D eigenvalue weighted by Crippen LogP contribution is 2.33. The molecule has 1 aromatic heterocycles. The van der Waals surface area contributed by atoms with Crippen LogP contribution in [-0.4, -0.2) is 22.9 Å². The highest BCUT2D eigenvalue weighted by Gasteiger charge is 2.41. The van der Waals surface area contributed by atoms with Crippen molar-refractivity contribution in [1.82, 2.24) is 10.2 Å². The molecule has 2 aliphatic rings. The van der Waals surface area contributed by atoms with Crippen molar-refractivity contribution in [1.29, 1.82) is 0 Å². The van der Waals surface area contributed by atoms with Gasteiger partial charge in [0.2, 0.25) is 5.91 Å². The number of hydrogen-bond acceptors (Lipinski definition) is 3. The van der Waals surface area contributed by atoms with Crippen molar-refractivity contribution in [3.05, 3.63) is 22.4 Å². The first-order valence-electron chi connectivity index (χ1n) is 6.87. The van der Waals surface area contributed by atoms with Crippen molar-refractivity contribution in [3.8, 4) is 0 Å². The Bertz CT molecular complexity index is 411. The first kappa shape index (κ1) is 12.2. The number of nitrogens with one attached hydrogen (secondary N) is 1. The molecule has 0 aromatic carbocycles. The first-order chi connectivity index (χ1) is 8.77. The quantitative estimate of drug-likeness (QED) is 0.891. The lowest BCUT2D eigenvalue weighted by Crippen LogP contribution is -2.41. The summed E-state index contributed by atoms with van der Waals surface area (Å²) in [4.78, 5) is 14.5. The molecule has 2 unspecified atom stereocenters. The third kappa shape index (κ3) is 2.08. The van der Waals surface area contributed by atoms with Crippen LogP contribution in [0.4, 0.5) is 0 Å². The van der Waals surface area contributed by atoms with Gasteiger partial charge in [-0.25, -0.2) is 0 Å². The second-order valence-electron chi connectivity index (χ2n) is 5.38. The predicted molar refractivity (Wildman–Crippen MR) is 73.4 cm³/mol. The number of hydrogen-bond donors (Lipinski definition) is 1. The van der Waals surface area contributed by atoms with E-state index in [0.29, 0.717) is 6.04 Å². The lowest BCUT2D eigenvalue weighted by Gasteiger charge is -2.35. The van der Waals surface area contributed by atoms with Crippen molar-refractivity contribution in [2.75, 3.05) is 0 Å². The maximum Gasteiger partial charge on any atom is 0.241 e. The zero-order chi connectivity index (χ0) is 12.5. The van der Waals surface area contributed by atoms with Crippen LogP contribution < -0.4 is 5.32 Å². The normalized spacial score (nSPS) is 30.1. The summed E-state index contributed by atoms with van der Waals surface area (Å²) in [6.45, 7) is 1.98. The zero-order valence-corrected chi connectivity index (χ0v) is 11.6. The third-order valence-corrected chi connectivity index (χ3v) is 4.84. The van der Waals surface area contributed by atoms with Crippen LogP contribution in [0.1, 0.15) is 50.8 Å². The van der Waals surface area contributed by atoms with Crippen LogP contribution in [0.2, 0.25) is 0 Å². The molecule has 0 radical (unpaired) electrons. The van der Waals surface area contributed by atoms with Gasteiger partial charge in [-0.3, -0.25) is 10.1 Å². The minimum Gasteiger partial charge on any atom is -0.319 e. The van der Waals surface area contributed by atoms with E-state index >= 15 is 0 Å². The minimum absolute atomic E-state index is 0.0446. The molecular weight excluding hydrogens is 244 g/mol. The van der Waals surface area contributed by atoms with E-state index in [1.807, 2.05) is 6.92 Å². The average Bonchev–Trinajstić information content (AvgIpc) is 3.00. The molecule has 18 heavy (non-hydrogen) atoms. The Kier molecular flexibility index (Phi) is 3.39. The van der Waals surface area contributed by atoms with E-state index < -0.39 is 0 Å². The van der Waals surface area contributed by atoms with Gasteiger partial charge < -0.3 is 4.90 Å². The third-order valence-electron chi connectivity index (χ3n) is 4.14. The van der Waals surface area contributed by atoms with Gasteiger partial charge >= 0.3 is 0 Å². The van der Waals surface area contributed by atoms with Gasteiger partial charge in [-0.15, -0.1) is 0 Å². The molecule has 1 saturated carbocycles. The molecule has 0 spiro atoms. The van der Waals surface area contributed by atoms with Crippen molar-refractivity contribution < 1.29 is 4.79 Å². The lowest BCUT2D eigenvalue weighted by molar-refractivity contribution is -0.132. The molecule has 2 fully saturated rings. The van der Waals surface area contributed by atoms with Crippen molar-refractivity contribution in [2.45, 2.75) is 57.3 Å². The van der Waals surface area contributed by atoms with Gasteiger partial charge in [0, 0.05) is 6.04 Å². The lowest BCUT2D eigenvalue weighted by atomic mass is 9.93. The molecule has 1 N–H and O–H groups in total. The van der Waals surface area contributed by atoms with E-state index in [-0.39, 0.29) is 18.1 Å². The average molecular weight is 264 g/mol. The van der Waals surface area contributed by atoms with Crippen LogP contribution in [0.3, 0.4) is 0 Å². The summed E-state index contributed by atoms with van der Waals surface area (Å²) in [6.07, 6.45) is 6.28. The smallest absolute Gasteiger partial charge is 0.241 e. The Labute approximate surface area is 112 Å². The summed E-state index contributed by atoms with van der Waals surface area (Å²) >= 11 is 1.70. The predicted octanol–water partition coefficient (Wildman–Crippen LogP) is 2.90. The van der Waals surface area contributed by atoms with Crippen LogP contribution in [0.5, 0.6) is 0 Å². The summed E-state index contributed by atoms with van der Waals surface area (Å²) in [5.74, 6) is 0.276. The standard InChI is InChI=1S/C14H20N2OS/c1-10-14(17)16(12-5-3-2-4-6-12)13(15-10)11-7-8-18-9-11/h7-10,12-13,15H,2-6H2,1H3. The molecule has 1 aliphatic carbocycles. The van der Waals surface area contributed by atoms with E-state index in [0.717, 1.165) is 0 Å². The van der Waals surface area contributed by atoms with Crippen molar-refractivity contribution >= 4 is 17.2 Å². The van der Waals surface area contributed by atoms with Gasteiger partial charge in [-0.05, 0) is 42.2 Å². The molecule has 0 bridgehead atoms. The fraction of sp³-hybridized carbons (Fsp3) is 0.643. The highest BCUT2D eigenvalue weighted by molar-refractivity contribution is 7.07. The Morgan fingerprint density at radius 1 is 1.33 bits per heavy atom. The molecule has 3 nitrogen and oxygen atoms in total. The largest absolute Gasteiger partial charge is 0.319 e. The van der Waals surface area contributed by atoms with E-state index in [4.69, 9.17) is 0 Å². The van der Waals surface area contributed by atoms with E-state index in [9.17, 15) is 4.79 Å². The molecular formula is C14H20N2OS. The van der Waals surface area contributed by atoms with Gasteiger partial charge in [0.1, 0.15) is 6.17 Å². The first-order valence-corrected chi connectivity index (χ1v) is 7.82. The van der Waals surface area contributed by atoms with Gasteiger partial charge in [0.25, 0.3) is 0 Å². The molecule has 1 amide bonds. The number of carbonyl (C=O) groups is 1. The topological polar surface area (TPSA) is 32.3 Å². The van der Waals surface area contributed by atoms with Crippen molar-refractivity contribution in [2.24, 2.45) is 0 Å². The molecule has 1 aromatic rings. The fourth-order valence-corrected chi connectivity index (χ4v) is 3.86. The Balaban J connectivity index is 1.85. The van der Waals surface area contributed by atoms with Gasteiger partial charge in [0.05, 0.1) is 6.04 Å². The number of carbonyl (C=O) groups excluding carboxylic acids is 1. The van der Waals surface area contributed by atoms with Gasteiger partial charge in [0.15, 0.2) is 0 Å².